The van der Waals surface area contributed by atoms with Crippen molar-refractivity contribution in [1.82, 2.24) is 15.5 Å². The van der Waals surface area contributed by atoms with Gasteiger partial charge in [-0.2, -0.15) is 4.98 Å². The summed E-state index contributed by atoms with van der Waals surface area (Å²) in [4.78, 5) is 4.64. The van der Waals surface area contributed by atoms with E-state index >= 15 is 0 Å². The van der Waals surface area contributed by atoms with Crippen LogP contribution in [0, 0.1) is 5.92 Å². The Hall–Kier alpha value is -1.68. The third-order valence-electron chi connectivity index (χ3n) is 4.30. The summed E-state index contributed by atoms with van der Waals surface area (Å²) in [6.45, 7) is 2.14. The molecule has 0 amide bonds. The molecule has 4 heteroatoms. The molecule has 2 aliphatic rings. The van der Waals surface area contributed by atoms with Crippen LogP contribution in [0.15, 0.2) is 34.9 Å². The first kappa shape index (κ1) is 11.2. The molecule has 2 aromatic rings. The number of nitrogens with one attached hydrogen (secondary N) is 1. The highest BCUT2D eigenvalue weighted by molar-refractivity contribution is 5.38. The molecule has 1 saturated heterocycles. The average molecular weight is 255 g/mol. The van der Waals surface area contributed by atoms with Crippen LogP contribution in [0.3, 0.4) is 0 Å². The van der Waals surface area contributed by atoms with E-state index < -0.39 is 0 Å². The fourth-order valence-corrected chi connectivity index (χ4v) is 2.80. The van der Waals surface area contributed by atoms with Crippen LogP contribution in [0.2, 0.25) is 0 Å². The molecule has 0 bridgehead atoms. The van der Waals surface area contributed by atoms with Gasteiger partial charge >= 0.3 is 0 Å². The predicted molar refractivity (Wildman–Crippen MR) is 70.8 cm³/mol. The van der Waals surface area contributed by atoms with E-state index in [4.69, 9.17) is 4.52 Å². The Morgan fingerprint density at radius 3 is 2.63 bits per heavy atom. The Kier molecular flexibility index (Phi) is 2.45. The highest BCUT2D eigenvalue weighted by Gasteiger charge is 2.49. The second-order valence-corrected chi connectivity index (χ2v) is 5.69. The molecule has 1 aliphatic carbocycles. The normalized spacial score (nSPS) is 21.1. The molecule has 1 aromatic carbocycles. The van der Waals surface area contributed by atoms with Gasteiger partial charge in [0.2, 0.25) is 5.89 Å². The summed E-state index contributed by atoms with van der Waals surface area (Å²) in [5, 5.41) is 7.50. The number of rotatable bonds is 4. The largest absolute Gasteiger partial charge is 0.339 e. The van der Waals surface area contributed by atoms with Gasteiger partial charge in [-0.25, -0.2) is 0 Å². The summed E-state index contributed by atoms with van der Waals surface area (Å²) in [6.07, 6.45) is 3.16. The minimum atomic E-state index is 0.0286. The molecule has 1 saturated carbocycles. The van der Waals surface area contributed by atoms with Gasteiger partial charge in [0.1, 0.15) is 0 Å². The monoisotopic (exact) mass is 255 g/mol. The molecular weight excluding hydrogens is 238 g/mol. The molecule has 0 spiro atoms. The standard InChI is InChI=1S/C15H17N3O/c1-2-4-12(5-3-1)15(6-7-15)14-17-13(19-18-14)8-11-9-16-10-11/h1-5,11,16H,6-10H2. The van der Waals surface area contributed by atoms with Gasteiger partial charge < -0.3 is 9.84 Å². The first-order valence-electron chi connectivity index (χ1n) is 6.96. The van der Waals surface area contributed by atoms with Crippen LogP contribution in [0.25, 0.3) is 0 Å². The highest BCUT2D eigenvalue weighted by atomic mass is 16.5. The molecule has 19 heavy (non-hydrogen) atoms. The summed E-state index contributed by atoms with van der Waals surface area (Å²) < 4.78 is 5.43. The SMILES string of the molecule is c1ccc(C2(c3noc(CC4CNC4)n3)CC2)cc1. The topological polar surface area (TPSA) is 51.0 Å². The lowest BCUT2D eigenvalue weighted by Gasteiger charge is -2.25. The van der Waals surface area contributed by atoms with Crippen LogP contribution in [-0.4, -0.2) is 23.2 Å². The Balaban J connectivity index is 1.58. The number of hydrogen-bond donors (Lipinski definition) is 1. The van der Waals surface area contributed by atoms with Gasteiger partial charge in [0.15, 0.2) is 5.82 Å². The van der Waals surface area contributed by atoms with Gasteiger partial charge in [-0.3, -0.25) is 0 Å². The first-order valence-corrected chi connectivity index (χ1v) is 6.96. The number of nitrogens with zero attached hydrogens (tertiary/aromatic N) is 2. The highest BCUT2D eigenvalue weighted by Crippen LogP contribution is 2.52. The van der Waals surface area contributed by atoms with Gasteiger partial charge in [0.05, 0.1) is 5.41 Å². The third kappa shape index (κ3) is 1.87. The van der Waals surface area contributed by atoms with Crippen molar-refractivity contribution in [2.24, 2.45) is 5.92 Å². The zero-order valence-electron chi connectivity index (χ0n) is 10.8. The van der Waals surface area contributed by atoms with Crippen LogP contribution in [0.5, 0.6) is 0 Å². The Morgan fingerprint density at radius 2 is 2.00 bits per heavy atom. The zero-order chi connectivity index (χ0) is 12.7. The fraction of sp³-hybridized carbons (Fsp3) is 0.467. The van der Waals surface area contributed by atoms with Gasteiger partial charge in [-0.1, -0.05) is 35.5 Å². The minimum Gasteiger partial charge on any atom is -0.339 e. The van der Waals surface area contributed by atoms with Crippen LogP contribution < -0.4 is 5.32 Å². The third-order valence-corrected chi connectivity index (χ3v) is 4.30. The molecular formula is C15H17N3O. The lowest BCUT2D eigenvalue weighted by molar-refractivity contribution is 0.294. The van der Waals surface area contributed by atoms with Crippen molar-refractivity contribution < 1.29 is 4.52 Å². The molecule has 0 radical (unpaired) electrons. The van der Waals surface area contributed by atoms with Crippen molar-refractivity contribution in [3.05, 3.63) is 47.6 Å². The van der Waals surface area contributed by atoms with Crippen molar-refractivity contribution in [1.29, 1.82) is 0 Å². The second kappa shape index (κ2) is 4.17. The van der Waals surface area contributed by atoms with Crippen molar-refractivity contribution in [2.45, 2.75) is 24.7 Å². The Bertz CT molecular complexity index is 570. The Morgan fingerprint density at radius 1 is 1.21 bits per heavy atom. The molecule has 4 rings (SSSR count). The predicted octanol–water partition coefficient (Wildman–Crippen LogP) is 1.91. The van der Waals surface area contributed by atoms with Crippen molar-refractivity contribution in [3.8, 4) is 0 Å². The fourth-order valence-electron chi connectivity index (χ4n) is 2.80. The van der Waals surface area contributed by atoms with Gasteiger partial charge in [0.25, 0.3) is 0 Å². The van der Waals surface area contributed by atoms with Crippen LogP contribution in [-0.2, 0) is 11.8 Å². The van der Waals surface area contributed by atoms with E-state index in [9.17, 15) is 0 Å². The van der Waals surface area contributed by atoms with E-state index in [1.807, 2.05) is 6.07 Å². The van der Waals surface area contributed by atoms with Crippen LogP contribution >= 0.6 is 0 Å². The summed E-state index contributed by atoms with van der Waals surface area (Å²) in [7, 11) is 0. The summed E-state index contributed by atoms with van der Waals surface area (Å²) in [5.74, 6) is 2.34. The molecule has 0 unspecified atom stereocenters. The van der Waals surface area contributed by atoms with Gasteiger partial charge in [-0.05, 0) is 37.4 Å². The van der Waals surface area contributed by atoms with Gasteiger partial charge in [0, 0.05) is 6.42 Å². The van der Waals surface area contributed by atoms with Gasteiger partial charge in [-0.15, -0.1) is 0 Å². The van der Waals surface area contributed by atoms with E-state index in [1.54, 1.807) is 0 Å². The van der Waals surface area contributed by atoms with E-state index in [-0.39, 0.29) is 5.41 Å². The maximum Gasteiger partial charge on any atom is 0.227 e. The van der Waals surface area contributed by atoms with E-state index in [2.05, 4.69) is 39.7 Å². The molecule has 1 aromatic heterocycles. The quantitative estimate of drug-likeness (QED) is 0.906. The van der Waals surface area contributed by atoms with Crippen LogP contribution in [0.1, 0.15) is 30.1 Å². The second-order valence-electron chi connectivity index (χ2n) is 5.69. The van der Waals surface area contributed by atoms with Crippen molar-refractivity contribution >= 4 is 0 Å². The number of hydrogen-bond acceptors (Lipinski definition) is 4. The summed E-state index contributed by atoms with van der Waals surface area (Å²) in [5.41, 5.74) is 1.34. The lowest BCUT2D eigenvalue weighted by Crippen LogP contribution is -2.43. The number of aromatic nitrogens is 2. The molecule has 2 fully saturated rings. The van der Waals surface area contributed by atoms with Crippen molar-refractivity contribution in [3.63, 3.8) is 0 Å². The molecule has 4 nitrogen and oxygen atoms in total. The smallest absolute Gasteiger partial charge is 0.227 e. The lowest BCUT2D eigenvalue weighted by atomic mass is 9.95. The zero-order valence-corrected chi connectivity index (χ0v) is 10.8. The molecule has 98 valence electrons. The van der Waals surface area contributed by atoms with E-state index in [1.165, 1.54) is 5.56 Å². The minimum absolute atomic E-state index is 0.0286. The average Bonchev–Trinajstić information content (AvgIpc) is 3.08. The molecule has 2 heterocycles. The summed E-state index contributed by atoms with van der Waals surface area (Å²) in [6, 6.07) is 10.5. The van der Waals surface area contributed by atoms with Crippen molar-refractivity contribution in [2.75, 3.05) is 13.1 Å². The molecule has 1 aliphatic heterocycles. The molecule has 0 atom stereocenters. The maximum atomic E-state index is 5.43. The van der Waals surface area contributed by atoms with Crippen LogP contribution in [0.4, 0.5) is 0 Å². The Labute approximate surface area is 112 Å². The van der Waals surface area contributed by atoms with E-state index in [0.717, 1.165) is 44.1 Å². The number of benzene rings is 1. The molecule has 1 N–H and O–H groups in total. The summed E-state index contributed by atoms with van der Waals surface area (Å²) >= 11 is 0. The van der Waals surface area contributed by atoms with E-state index in [0.29, 0.717) is 5.92 Å². The first-order chi connectivity index (χ1) is 9.37. The maximum absolute atomic E-state index is 5.43.